The van der Waals surface area contributed by atoms with Crippen molar-refractivity contribution in [3.05, 3.63) is 23.9 Å². The minimum absolute atomic E-state index is 0.130. The first kappa shape index (κ1) is 16.4. The molecule has 0 spiro atoms. The predicted molar refractivity (Wildman–Crippen MR) is 74.6 cm³/mol. The van der Waals surface area contributed by atoms with Crippen LogP contribution in [0.25, 0.3) is 0 Å². The van der Waals surface area contributed by atoms with Crippen molar-refractivity contribution in [2.75, 3.05) is 11.5 Å². The maximum Gasteiger partial charge on any atom is 0.233 e. The number of hydrogen-bond acceptors (Lipinski definition) is 5. The Bertz CT molecular complexity index is 643. The van der Waals surface area contributed by atoms with Crippen molar-refractivity contribution < 1.29 is 16.8 Å². The molecule has 0 aliphatic carbocycles. The van der Waals surface area contributed by atoms with Crippen LogP contribution in [0.1, 0.15) is 26.3 Å². The second-order valence-electron chi connectivity index (χ2n) is 5.20. The summed E-state index contributed by atoms with van der Waals surface area (Å²) in [4.78, 5) is 3.89. The largest absolute Gasteiger partial charge is 0.244 e. The summed E-state index contributed by atoms with van der Waals surface area (Å²) >= 11 is 0. The van der Waals surface area contributed by atoms with Gasteiger partial charge < -0.3 is 0 Å². The quantitative estimate of drug-likeness (QED) is 0.787. The van der Waals surface area contributed by atoms with Gasteiger partial charge in [-0.2, -0.15) is 0 Å². The summed E-state index contributed by atoms with van der Waals surface area (Å²) in [6.45, 7) is 5.95. The van der Waals surface area contributed by atoms with E-state index in [1.165, 1.54) is 12.3 Å². The van der Waals surface area contributed by atoms with Crippen LogP contribution < -0.4 is 0 Å². The fourth-order valence-electron chi connectivity index (χ4n) is 1.32. The summed E-state index contributed by atoms with van der Waals surface area (Å²) in [5, 5.41) is -0.138. The van der Waals surface area contributed by atoms with Crippen molar-refractivity contribution in [3.8, 4) is 0 Å². The second kappa shape index (κ2) is 5.38. The smallest absolute Gasteiger partial charge is 0.233 e. The van der Waals surface area contributed by atoms with Crippen molar-refractivity contribution in [3.63, 3.8) is 0 Å². The highest BCUT2D eigenvalue weighted by atomic mass is 35.7. The lowest BCUT2D eigenvalue weighted by Gasteiger charge is -2.18. The Morgan fingerprint density at radius 2 is 1.68 bits per heavy atom. The molecule has 0 radical (unpaired) electrons. The summed E-state index contributed by atoms with van der Waals surface area (Å²) in [5.41, 5.74) is 0.769. The molecule has 0 saturated carbocycles. The first-order chi connectivity index (χ1) is 8.42. The second-order valence-corrected chi connectivity index (χ2v) is 10.1. The zero-order chi connectivity index (χ0) is 14.9. The Morgan fingerprint density at radius 3 is 2.05 bits per heavy atom. The van der Waals surface area contributed by atoms with Crippen LogP contribution in [-0.4, -0.2) is 33.3 Å². The molecule has 0 saturated heterocycles. The van der Waals surface area contributed by atoms with Crippen LogP contribution in [-0.2, 0) is 24.3 Å². The maximum atomic E-state index is 11.9. The lowest BCUT2D eigenvalue weighted by atomic mass is 9.88. The predicted octanol–water partition coefficient (Wildman–Crippen LogP) is 1.72. The fraction of sp³-hybridized carbons (Fsp3) is 0.545. The van der Waals surface area contributed by atoms with Crippen molar-refractivity contribution in [2.24, 2.45) is 0 Å². The Kier molecular flexibility index (Phi) is 4.64. The van der Waals surface area contributed by atoms with Crippen LogP contribution in [0.2, 0.25) is 0 Å². The van der Waals surface area contributed by atoms with Gasteiger partial charge in [0.05, 0.1) is 11.5 Å². The highest BCUT2D eigenvalue weighted by Crippen LogP contribution is 2.22. The van der Waals surface area contributed by atoms with E-state index in [1.54, 1.807) is 6.07 Å². The number of pyridine rings is 1. The van der Waals surface area contributed by atoms with Gasteiger partial charge in [-0.25, -0.2) is 21.8 Å². The molecule has 108 valence electrons. The molecule has 5 nitrogen and oxygen atoms in total. The third-order valence-corrected chi connectivity index (χ3v) is 5.55. The lowest BCUT2D eigenvalue weighted by molar-refractivity contribution is 0.579. The van der Waals surface area contributed by atoms with Crippen LogP contribution in [0, 0.1) is 0 Å². The molecular formula is C11H16ClNO4S2. The van der Waals surface area contributed by atoms with Crippen LogP contribution >= 0.6 is 10.7 Å². The topological polar surface area (TPSA) is 81.2 Å². The number of nitrogens with zero attached hydrogens (tertiary/aromatic N) is 1. The van der Waals surface area contributed by atoms with Crippen LogP contribution in [0.15, 0.2) is 23.4 Å². The zero-order valence-corrected chi connectivity index (χ0v) is 13.3. The van der Waals surface area contributed by atoms with E-state index in [2.05, 4.69) is 4.98 Å². The van der Waals surface area contributed by atoms with Gasteiger partial charge >= 0.3 is 0 Å². The Morgan fingerprint density at radius 1 is 1.11 bits per heavy atom. The van der Waals surface area contributed by atoms with Gasteiger partial charge in [-0.1, -0.05) is 26.8 Å². The van der Waals surface area contributed by atoms with Gasteiger partial charge in [-0.05, 0) is 17.0 Å². The molecule has 0 aliphatic rings. The van der Waals surface area contributed by atoms with Gasteiger partial charge in [-0.3, -0.25) is 0 Å². The monoisotopic (exact) mass is 325 g/mol. The molecular weight excluding hydrogens is 310 g/mol. The number of rotatable bonds is 4. The summed E-state index contributed by atoms with van der Waals surface area (Å²) in [5.74, 6) is -1.19. The van der Waals surface area contributed by atoms with Crippen LogP contribution in [0.3, 0.4) is 0 Å². The highest BCUT2D eigenvalue weighted by molar-refractivity contribution is 8.14. The minimum atomic E-state index is -3.83. The zero-order valence-electron chi connectivity index (χ0n) is 10.9. The van der Waals surface area contributed by atoms with E-state index in [1.807, 2.05) is 20.8 Å². The summed E-state index contributed by atoms with van der Waals surface area (Å²) in [6.07, 6.45) is 1.49. The molecule has 0 fully saturated rings. The van der Waals surface area contributed by atoms with Crippen molar-refractivity contribution in [2.45, 2.75) is 31.2 Å². The molecule has 0 N–H and O–H groups in total. The highest BCUT2D eigenvalue weighted by Gasteiger charge is 2.21. The third kappa shape index (κ3) is 5.08. The number of hydrogen-bond donors (Lipinski definition) is 0. The summed E-state index contributed by atoms with van der Waals surface area (Å²) < 4.78 is 45.3. The SMILES string of the molecule is CC(C)(C)c1ccc(S(=O)(=O)CCS(=O)(=O)Cl)nc1. The number of aromatic nitrogens is 1. The van der Waals surface area contributed by atoms with Gasteiger partial charge in [-0.15, -0.1) is 0 Å². The van der Waals surface area contributed by atoms with Gasteiger partial charge in [0, 0.05) is 16.9 Å². The Labute approximate surface area is 118 Å². The van der Waals surface area contributed by atoms with E-state index in [9.17, 15) is 16.8 Å². The molecule has 1 aromatic heterocycles. The number of sulfone groups is 1. The molecule has 1 rings (SSSR count). The first-order valence-electron chi connectivity index (χ1n) is 5.53. The molecule has 0 amide bonds. The van der Waals surface area contributed by atoms with Crippen LogP contribution in [0.5, 0.6) is 0 Å². The molecule has 19 heavy (non-hydrogen) atoms. The van der Waals surface area contributed by atoms with E-state index in [4.69, 9.17) is 10.7 Å². The Balaban J connectivity index is 2.98. The Hall–Kier alpha value is -0.660. The molecule has 0 aromatic carbocycles. The fourth-order valence-corrected chi connectivity index (χ4v) is 4.26. The normalized spacial score (nSPS) is 13.5. The first-order valence-corrected chi connectivity index (χ1v) is 9.66. The van der Waals surface area contributed by atoms with Gasteiger partial charge in [0.15, 0.2) is 14.9 Å². The van der Waals surface area contributed by atoms with E-state index < -0.39 is 30.4 Å². The molecule has 0 atom stereocenters. The van der Waals surface area contributed by atoms with Crippen molar-refractivity contribution >= 4 is 29.6 Å². The van der Waals surface area contributed by atoms with Gasteiger partial charge in [0.1, 0.15) is 0 Å². The average molecular weight is 326 g/mol. The lowest BCUT2D eigenvalue weighted by Crippen LogP contribution is -2.17. The van der Waals surface area contributed by atoms with E-state index in [0.29, 0.717) is 0 Å². The van der Waals surface area contributed by atoms with Crippen molar-refractivity contribution in [1.82, 2.24) is 4.98 Å². The summed E-state index contributed by atoms with van der Waals surface area (Å²) in [6, 6.07) is 3.06. The van der Waals surface area contributed by atoms with Crippen molar-refractivity contribution in [1.29, 1.82) is 0 Å². The minimum Gasteiger partial charge on any atom is -0.244 e. The summed E-state index contributed by atoms with van der Waals surface area (Å²) in [7, 11) is -2.56. The molecule has 8 heteroatoms. The van der Waals surface area contributed by atoms with E-state index in [0.717, 1.165) is 5.56 Å². The molecule has 0 aliphatic heterocycles. The third-order valence-electron chi connectivity index (χ3n) is 2.52. The molecule has 0 unspecified atom stereocenters. The van der Waals surface area contributed by atoms with Gasteiger partial charge in [0.25, 0.3) is 0 Å². The molecule has 1 heterocycles. The van der Waals surface area contributed by atoms with Crippen LogP contribution in [0.4, 0.5) is 0 Å². The maximum absolute atomic E-state index is 11.9. The van der Waals surface area contributed by atoms with E-state index >= 15 is 0 Å². The average Bonchev–Trinajstić information content (AvgIpc) is 2.25. The standard InChI is InChI=1S/C11H16ClNO4S2/c1-11(2,3)9-4-5-10(13-8-9)18(14,15)6-7-19(12,16)17/h4-5,8H,6-7H2,1-3H3. The van der Waals surface area contributed by atoms with E-state index in [-0.39, 0.29) is 10.4 Å². The molecule has 0 bridgehead atoms. The van der Waals surface area contributed by atoms with Gasteiger partial charge in [0.2, 0.25) is 9.05 Å². The number of halogens is 1. The molecule has 1 aromatic rings.